The number of carbonyl (C=O) groups excluding carboxylic acids is 1. The van der Waals surface area contributed by atoms with E-state index in [0.29, 0.717) is 24.8 Å². The van der Waals surface area contributed by atoms with E-state index in [4.69, 9.17) is 4.74 Å². The molecule has 2 fully saturated rings. The predicted molar refractivity (Wildman–Crippen MR) is 74.8 cm³/mol. The molecule has 0 atom stereocenters. The molecule has 2 heterocycles. The van der Waals surface area contributed by atoms with E-state index < -0.39 is 0 Å². The van der Waals surface area contributed by atoms with Gasteiger partial charge in [-0.3, -0.25) is 9.78 Å². The van der Waals surface area contributed by atoms with Gasteiger partial charge < -0.3 is 15.0 Å². The van der Waals surface area contributed by atoms with Crippen LogP contribution in [0.1, 0.15) is 32.1 Å². The average Bonchev–Trinajstić information content (AvgIpc) is 2.49. The third-order valence-electron chi connectivity index (χ3n) is 3.80. The number of aromatic nitrogens is 2. The van der Waals surface area contributed by atoms with Gasteiger partial charge in [-0.25, -0.2) is 0 Å². The number of nitrogens with one attached hydrogen (secondary N) is 1. The zero-order valence-corrected chi connectivity index (χ0v) is 11.5. The number of piperazine rings is 1. The molecule has 0 bridgehead atoms. The Morgan fingerprint density at radius 3 is 2.90 bits per heavy atom. The molecule has 6 heteroatoms. The Kier molecular flexibility index (Phi) is 3.99. The minimum Gasteiger partial charge on any atom is -0.473 e. The first-order chi connectivity index (χ1) is 9.81. The summed E-state index contributed by atoms with van der Waals surface area (Å²) in [5.74, 6) is 1.31. The molecule has 0 radical (unpaired) electrons. The van der Waals surface area contributed by atoms with Crippen molar-refractivity contribution in [1.82, 2.24) is 15.3 Å². The normalized spacial score (nSPS) is 20.6. The molecule has 0 aromatic carbocycles. The van der Waals surface area contributed by atoms with Crippen molar-refractivity contribution in [1.29, 1.82) is 0 Å². The fourth-order valence-corrected chi connectivity index (χ4v) is 2.74. The van der Waals surface area contributed by atoms with Crippen molar-refractivity contribution >= 4 is 11.7 Å². The highest BCUT2D eigenvalue weighted by molar-refractivity contribution is 5.82. The number of amides is 1. The third-order valence-corrected chi connectivity index (χ3v) is 3.80. The molecule has 3 rings (SSSR count). The zero-order chi connectivity index (χ0) is 13.8. The third kappa shape index (κ3) is 3.18. The Morgan fingerprint density at radius 2 is 2.10 bits per heavy atom. The topological polar surface area (TPSA) is 67.4 Å². The molecule has 1 aromatic heterocycles. The fraction of sp³-hybridized carbons (Fsp3) is 0.643. The molecular formula is C14H20N4O2. The molecule has 20 heavy (non-hydrogen) atoms. The summed E-state index contributed by atoms with van der Waals surface area (Å²) >= 11 is 0. The largest absolute Gasteiger partial charge is 0.473 e. The fourth-order valence-electron chi connectivity index (χ4n) is 2.74. The van der Waals surface area contributed by atoms with Gasteiger partial charge in [-0.05, 0) is 25.7 Å². The minimum atomic E-state index is 0.0247. The van der Waals surface area contributed by atoms with Crippen LogP contribution in [0.5, 0.6) is 5.88 Å². The van der Waals surface area contributed by atoms with Crippen molar-refractivity contribution in [2.45, 2.75) is 38.2 Å². The lowest BCUT2D eigenvalue weighted by atomic mass is 9.98. The van der Waals surface area contributed by atoms with Crippen molar-refractivity contribution < 1.29 is 9.53 Å². The molecule has 1 aliphatic carbocycles. The van der Waals surface area contributed by atoms with Gasteiger partial charge in [0.25, 0.3) is 0 Å². The van der Waals surface area contributed by atoms with Gasteiger partial charge in [0, 0.05) is 13.1 Å². The number of hydrogen-bond acceptors (Lipinski definition) is 5. The number of hydrogen-bond donors (Lipinski definition) is 1. The van der Waals surface area contributed by atoms with E-state index in [1.807, 2.05) is 4.90 Å². The molecule has 1 saturated carbocycles. The number of anilines is 1. The van der Waals surface area contributed by atoms with Crippen LogP contribution in [0.4, 0.5) is 5.82 Å². The molecule has 0 spiro atoms. The van der Waals surface area contributed by atoms with E-state index in [2.05, 4.69) is 15.3 Å². The standard InChI is InChI=1S/C14H20N4O2/c19-13-10-18(7-6-16-13)12-8-15-9-14(17-12)20-11-4-2-1-3-5-11/h8-9,11H,1-7,10H2,(H,16,19). The van der Waals surface area contributed by atoms with E-state index >= 15 is 0 Å². The quantitative estimate of drug-likeness (QED) is 0.896. The van der Waals surface area contributed by atoms with Gasteiger partial charge in [-0.2, -0.15) is 4.98 Å². The van der Waals surface area contributed by atoms with Crippen LogP contribution in [0.3, 0.4) is 0 Å². The van der Waals surface area contributed by atoms with Gasteiger partial charge >= 0.3 is 0 Å². The maximum absolute atomic E-state index is 11.4. The van der Waals surface area contributed by atoms with E-state index in [1.165, 1.54) is 19.3 Å². The first-order valence-electron chi connectivity index (χ1n) is 7.31. The van der Waals surface area contributed by atoms with Crippen molar-refractivity contribution in [3.63, 3.8) is 0 Å². The van der Waals surface area contributed by atoms with Crippen molar-refractivity contribution in [2.75, 3.05) is 24.5 Å². The smallest absolute Gasteiger partial charge is 0.239 e. The summed E-state index contributed by atoms with van der Waals surface area (Å²) in [6.45, 7) is 1.74. The second-order valence-corrected chi connectivity index (χ2v) is 5.36. The lowest BCUT2D eigenvalue weighted by molar-refractivity contribution is -0.120. The summed E-state index contributed by atoms with van der Waals surface area (Å²) in [5.41, 5.74) is 0. The van der Waals surface area contributed by atoms with Crippen LogP contribution in [0.15, 0.2) is 12.4 Å². The molecule has 0 unspecified atom stereocenters. The lowest BCUT2D eigenvalue weighted by Gasteiger charge is -2.28. The lowest BCUT2D eigenvalue weighted by Crippen LogP contribution is -2.48. The van der Waals surface area contributed by atoms with E-state index in [1.54, 1.807) is 12.4 Å². The second kappa shape index (κ2) is 6.07. The van der Waals surface area contributed by atoms with Crippen molar-refractivity contribution in [2.24, 2.45) is 0 Å². The van der Waals surface area contributed by atoms with E-state index in [0.717, 1.165) is 19.4 Å². The molecule has 6 nitrogen and oxygen atoms in total. The molecule has 1 aliphatic heterocycles. The zero-order valence-electron chi connectivity index (χ0n) is 11.5. The highest BCUT2D eigenvalue weighted by Gasteiger charge is 2.19. The summed E-state index contributed by atoms with van der Waals surface area (Å²) in [7, 11) is 0. The van der Waals surface area contributed by atoms with Gasteiger partial charge in [-0.1, -0.05) is 6.42 Å². The van der Waals surface area contributed by atoms with Gasteiger partial charge in [0.15, 0.2) is 5.82 Å². The van der Waals surface area contributed by atoms with Crippen LogP contribution < -0.4 is 15.0 Å². The first-order valence-corrected chi connectivity index (χ1v) is 7.31. The highest BCUT2D eigenvalue weighted by atomic mass is 16.5. The van der Waals surface area contributed by atoms with Crippen LogP contribution >= 0.6 is 0 Å². The minimum absolute atomic E-state index is 0.0247. The van der Waals surface area contributed by atoms with Crippen LogP contribution in [0.2, 0.25) is 0 Å². The summed E-state index contributed by atoms with van der Waals surface area (Å²) in [6.07, 6.45) is 9.55. The van der Waals surface area contributed by atoms with Gasteiger partial charge in [0.05, 0.1) is 18.9 Å². The number of ether oxygens (including phenoxy) is 1. The summed E-state index contributed by atoms with van der Waals surface area (Å²) in [6, 6.07) is 0. The average molecular weight is 276 g/mol. The van der Waals surface area contributed by atoms with Crippen molar-refractivity contribution in [3.8, 4) is 5.88 Å². The Labute approximate surface area is 118 Å². The van der Waals surface area contributed by atoms with Crippen LogP contribution in [-0.4, -0.2) is 41.6 Å². The molecule has 108 valence electrons. The van der Waals surface area contributed by atoms with E-state index in [9.17, 15) is 4.79 Å². The SMILES string of the molecule is O=C1CN(c2cncc(OC3CCCCC3)n2)CCN1. The Bertz CT molecular complexity index is 474. The number of carbonyl (C=O) groups is 1. The van der Waals surface area contributed by atoms with E-state index in [-0.39, 0.29) is 12.0 Å². The number of nitrogens with zero attached hydrogens (tertiary/aromatic N) is 3. The van der Waals surface area contributed by atoms with Crippen molar-refractivity contribution in [3.05, 3.63) is 12.4 Å². The molecular weight excluding hydrogens is 256 g/mol. The molecule has 1 N–H and O–H groups in total. The monoisotopic (exact) mass is 276 g/mol. The predicted octanol–water partition coefficient (Wildman–Crippen LogP) is 1.12. The second-order valence-electron chi connectivity index (χ2n) is 5.36. The van der Waals surface area contributed by atoms with Gasteiger partial charge in [-0.15, -0.1) is 0 Å². The van der Waals surface area contributed by atoms with Gasteiger partial charge in [0.1, 0.15) is 6.10 Å². The summed E-state index contributed by atoms with van der Waals surface area (Å²) in [4.78, 5) is 22.0. The number of rotatable bonds is 3. The maximum atomic E-state index is 11.4. The Balaban J connectivity index is 1.67. The molecule has 1 aromatic rings. The molecule has 1 saturated heterocycles. The highest BCUT2D eigenvalue weighted by Crippen LogP contribution is 2.23. The Hall–Kier alpha value is -1.85. The molecule has 2 aliphatic rings. The Morgan fingerprint density at radius 1 is 1.25 bits per heavy atom. The van der Waals surface area contributed by atoms with Crippen LogP contribution in [-0.2, 0) is 4.79 Å². The van der Waals surface area contributed by atoms with Crippen LogP contribution in [0, 0.1) is 0 Å². The maximum Gasteiger partial charge on any atom is 0.239 e. The van der Waals surface area contributed by atoms with Gasteiger partial charge in [0.2, 0.25) is 11.8 Å². The molecule has 1 amide bonds. The summed E-state index contributed by atoms with van der Waals surface area (Å²) in [5, 5.41) is 2.80. The van der Waals surface area contributed by atoms with Crippen LogP contribution in [0.25, 0.3) is 0 Å². The first kappa shape index (κ1) is 13.1. The summed E-state index contributed by atoms with van der Waals surface area (Å²) < 4.78 is 5.91.